The van der Waals surface area contributed by atoms with E-state index in [0.717, 1.165) is 5.56 Å². The molecule has 0 bridgehead atoms. The highest BCUT2D eigenvalue weighted by molar-refractivity contribution is 6.76. The van der Waals surface area contributed by atoms with Crippen LogP contribution < -0.4 is 16.0 Å². The van der Waals surface area contributed by atoms with E-state index in [1.54, 1.807) is 65.8 Å². The molecule has 1 rings (SSSR count). The second-order valence-electron chi connectivity index (χ2n) is 13.0. The summed E-state index contributed by atoms with van der Waals surface area (Å²) in [7, 11) is -1.50. The number of rotatable bonds is 13. The average Bonchev–Trinajstić information content (AvgIpc) is 2.82. The van der Waals surface area contributed by atoms with Gasteiger partial charge in [-0.15, -0.1) is 0 Å². The van der Waals surface area contributed by atoms with E-state index in [-0.39, 0.29) is 19.8 Å². The highest BCUT2D eigenvalue weighted by Crippen LogP contribution is 2.12. The smallest absolute Gasteiger partial charge is 0.408 e. The van der Waals surface area contributed by atoms with Gasteiger partial charge >= 0.3 is 24.1 Å². The van der Waals surface area contributed by atoms with Crippen LogP contribution in [0, 0.1) is 0 Å². The van der Waals surface area contributed by atoms with Gasteiger partial charge in [0, 0.05) is 14.6 Å². The van der Waals surface area contributed by atoms with E-state index in [9.17, 15) is 24.0 Å². The van der Waals surface area contributed by atoms with Gasteiger partial charge < -0.3 is 34.9 Å². The summed E-state index contributed by atoms with van der Waals surface area (Å²) in [5.41, 5.74) is -0.967. The molecule has 42 heavy (non-hydrogen) atoms. The second kappa shape index (κ2) is 16.1. The Morgan fingerprint density at radius 2 is 1.33 bits per heavy atom. The van der Waals surface area contributed by atoms with Crippen LogP contribution >= 0.6 is 0 Å². The van der Waals surface area contributed by atoms with Gasteiger partial charge in [0.2, 0.25) is 5.91 Å². The predicted octanol–water partition coefficient (Wildman–Crippen LogP) is 3.90. The van der Waals surface area contributed by atoms with Gasteiger partial charge in [0.1, 0.15) is 29.9 Å². The lowest BCUT2D eigenvalue weighted by molar-refractivity contribution is -0.158. The third-order valence-electron chi connectivity index (χ3n) is 5.16. The average molecular weight is 610 g/mol. The largest absolute Gasteiger partial charge is 0.464 e. The van der Waals surface area contributed by atoms with Crippen LogP contribution in [0.15, 0.2) is 30.3 Å². The van der Waals surface area contributed by atoms with Gasteiger partial charge in [-0.2, -0.15) is 0 Å². The van der Waals surface area contributed by atoms with E-state index in [0.29, 0.717) is 6.04 Å². The molecule has 1 aromatic carbocycles. The summed E-state index contributed by atoms with van der Waals surface area (Å²) in [4.78, 5) is 63.3. The van der Waals surface area contributed by atoms with Gasteiger partial charge in [0.05, 0.1) is 13.0 Å². The van der Waals surface area contributed by atoms with Crippen LogP contribution in [0.1, 0.15) is 53.5 Å². The van der Waals surface area contributed by atoms with Crippen molar-refractivity contribution in [2.75, 3.05) is 13.2 Å². The van der Waals surface area contributed by atoms with Crippen molar-refractivity contribution >= 4 is 38.1 Å². The minimum Gasteiger partial charge on any atom is -0.464 e. The van der Waals surface area contributed by atoms with E-state index < -0.39 is 67.8 Å². The van der Waals surface area contributed by atoms with Crippen molar-refractivity contribution in [3.8, 4) is 0 Å². The van der Waals surface area contributed by atoms with Crippen LogP contribution in [-0.4, -0.2) is 74.5 Å². The van der Waals surface area contributed by atoms with Crippen LogP contribution in [0.2, 0.25) is 25.7 Å². The Hall–Kier alpha value is -3.61. The highest BCUT2D eigenvalue weighted by atomic mass is 28.3. The molecule has 0 spiro atoms. The fourth-order valence-corrected chi connectivity index (χ4v) is 3.86. The highest BCUT2D eigenvalue weighted by Gasteiger charge is 2.31. The molecule has 0 unspecified atom stereocenters. The monoisotopic (exact) mass is 609 g/mol. The second-order valence-corrected chi connectivity index (χ2v) is 18.6. The Labute approximate surface area is 249 Å². The fourth-order valence-electron chi connectivity index (χ4n) is 3.15. The van der Waals surface area contributed by atoms with Crippen molar-refractivity contribution in [1.82, 2.24) is 16.0 Å². The van der Waals surface area contributed by atoms with Crippen molar-refractivity contribution in [2.24, 2.45) is 0 Å². The first-order chi connectivity index (χ1) is 19.2. The molecular formula is C29H47N3O9Si. The standard InChI is InChI=1S/C29H47N3O9Si/c1-28(2,3)40-25(35)21(31-27(37)41-29(4,5)6)17-23(33)30-18-22(24(34)38-15-16-42(7,8)9)32-26(36)39-19-20-13-11-10-12-14-20/h10-14,21-22H,15-19H2,1-9H3,(H,30,33)(H,31,37)(H,32,36)/t21-,22+/m0/s1. The zero-order valence-corrected chi connectivity index (χ0v) is 27.3. The van der Waals surface area contributed by atoms with Crippen molar-refractivity contribution < 1.29 is 42.9 Å². The number of hydrogen-bond donors (Lipinski definition) is 3. The molecule has 3 N–H and O–H groups in total. The molecule has 13 heteroatoms. The minimum absolute atomic E-state index is 0.0235. The number of nitrogens with one attached hydrogen (secondary N) is 3. The number of ether oxygens (including phenoxy) is 4. The number of benzene rings is 1. The van der Waals surface area contributed by atoms with E-state index in [1.807, 2.05) is 6.07 Å². The number of alkyl carbamates (subject to hydrolysis) is 2. The summed E-state index contributed by atoms with van der Waals surface area (Å²) in [6, 6.07) is 7.06. The van der Waals surface area contributed by atoms with Gasteiger partial charge in [0.15, 0.2) is 0 Å². The first-order valence-electron chi connectivity index (χ1n) is 13.9. The molecule has 0 aliphatic heterocycles. The van der Waals surface area contributed by atoms with E-state index >= 15 is 0 Å². The number of carbonyl (C=O) groups is 5. The number of carbonyl (C=O) groups excluding carboxylic acids is 5. The summed E-state index contributed by atoms with van der Waals surface area (Å²) in [6.07, 6.45) is -2.29. The summed E-state index contributed by atoms with van der Waals surface area (Å²) >= 11 is 0. The first-order valence-corrected chi connectivity index (χ1v) is 17.6. The van der Waals surface area contributed by atoms with Crippen molar-refractivity contribution in [3.63, 3.8) is 0 Å². The Kier molecular flexibility index (Phi) is 14.0. The molecule has 0 fully saturated rings. The molecule has 0 aromatic heterocycles. The lowest BCUT2D eigenvalue weighted by Gasteiger charge is -2.26. The first kappa shape index (κ1) is 36.4. The maximum absolute atomic E-state index is 12.9. The molecule has 1 aromatic rings. The Balaban J connectivity index is 2.91. The molecular weight excluding hydrogens is 562 g/mol. The molecule has 3 amide bonds. The zero-order chi connectivity index (χ0) is 32.1. The molecule has 0 radical (unpaired) electrons. The predicted molar refractivity (Wildman–Crippen MR) is 159 cm³/mol. The third kappa shape index (κ3) is 17.3. The molecule has 0 aliphatic rings. The maximum Gasteiger partial charge on any atom is 0.408 e. The van der Waals surface area contributed by atoms with Gasteiger partial charge in [-0.25, -0.2) is 19.2 Å². The van der Waals surface area contributed by atoms with Crippen LogP contribution in [0.4, 0.5) is 9.59 Å². The SMILES string of the molecule is CC(C)(C)OC(=O)N[C@@H](CC(=O)NC[C@@H](NC(=O)OCc1ccccc1)C(=O)OCC[Si](C)(C)C)C(=O)OC(C)(C)C. The molecule has 0 aliphatic carbocycles. The summed E-state index contributed by atoms with van der Waals surface area (Å²) in [5, 5.41) is 7.32. The van der Waals surface area contributed by atoms with Crippen LogP contribution in [0.5, 0.6) is 0 Å². The number of amides is 3. The third-order valence-corrected chi connectivity index (χ3v) is 6.86. The fraction of sp³-hybridized carbons (Fsp3) is 0.621. The van der Waals surface area contributed by atoms with Gasteiger partial charge in [-0.1, -0.05) is 50.0 Å². The van der Waals surface area contributed by atoms with Crippen molar-refractivity contribution in [1.29, 1.82) is 0 Å². The van der Waals surface area contributed by atoms with E-state index in [4.69, 9.17) is 18.9 Å². The molecule has 0 heterocycles. The maximum atomic E-state index is 12.9. The quantitative estimate of drug-likeness (QED) is 0.171. The lowest BCUT2D eigenvalue weighted by atomic mass is 10.1. The van der Waals surface area contributed by atoms with E-state index in [1.165, 1.54) is 0 Å². The topological polar surface area (TPSA) is 158 Å². The van der Waals surface area contributed by atoms with Crippen LogP contribution in [0.25, 0.3) is 0 Å². The Morgan fingerprint density at radius 3 is 1.88 bits per heavy atom. The normalized spacial score (nSPS) is 13.2. The minimum atomic E-state index is -1.50. The molecule has 0 saturated carbocycles. The van der Waals surface area contributed by atoms with Crippen LogP contribution in [-0.2, 0) is 39.9 Å². The molecule has 236 valence electrons. The van der Waals surface area contributed by atoms with Gasteiger partial charge in [0.25, 0.3) is 0 Å². The molecule has 0 saturated heterocycles. The van der Waals surface area contributed by atoms with Crippen LogP contribution in [0.3, 0.4) is 0 Å². The molecule has 2 atom stereocenters. The van der Waals surface area contributed by atoms with Gasteiger partial charge in [-0.3, -0.25) is 4.79 Å². The van der Waals surface area contributed by atoms with Crippen molar-refractivity contribution in [3.05, 3.63) is 35.9 Å². The summed E-state index contributed by atoms with van der Waals surface area (Å²) in [6.45, 7) is 16.1. The van der Waals surface area contributed by atoms with Gasteiger partial charge in [-0.05, 0) is 53.1 Å². The summed E-state index contributed by atoms with van der Waals surface area (Å²) < 4.78 is 21.1. The Morgan fingerprint density at radius 1 is 0.762 bits per heavy atom. The zero-order valence-electron chi connectivity index (χ0n) is 26.3. The number of hydrogen-bond acceptors (Lipinski definition) is 9. The number of esters is 2. The molecule has 12 nitrogen and oxygen atoms in total. The van der Waals surface area contributed by atoms with Crippen molar-refractivity contribution in [2.45, 2.75) is 104 Å². The summed E-state index contributed by atoms with van der Waals surface area (Å²) in [5.74, 6) is -2.28. The lowest BCUT2D eigenvalue weighted by Crippen LogP contribution is -2.51. The van der Waals surface area contributed by atoms with E-state index in [2.05, 4.69) is 35.6 Å². The Bertz CT molecular complexity index is 1060.